The molecular formula is C8H6BrF2N3. The molecule has 0 atom stereocenters. The molecule has 0 fully saturated rings. The molecule has 2 N–H and O–H groups in total. The average molecular weight is 262 g/mol. The van der Waals surface area contributed by atoms with Crippen molar-refractivity contribution in [2.75, 3.05) is 5.73 Å². The monoisotopic (exact) mass is 261 g/mol. The molecule has 74 valence electrons. The van der Waals surface area contributed by atoms with Crippen molar-refractivity contribution < 1.29 is 8.78 Å². The van der Waals surface area contributed by atoms with E-state index in [2.05, 4.69) is 20.9 Å². The van der Waals surface area contributed by atoms with Crippen LogP contribution in [0, 0.1) is 11.3 Å². The molecule has 0 aliphatic rings. The van der Waals surface area contributed by atoms with E-state index in [4.69, 9.17) is 11.0 Å². The van der Waals surface area contributed by atoms with Crippen LogP contribution in [0.1, 0.15) is 17.6 Å². The number of rotatable bonds is 2. The Balaban J connectivity index is 3.35. The summed E-state index contributed by atoms with van der Waals surface area (Å²) in [4.78, 5) is 3.69. The normalized spacial score (nSPS) is 10.2. The maximum absolute atomic E-state index is 12.6. The van der Waals surface area contributed by atoms with E-state index in [1.54, 1.807) is 6.07 Å². The fourth-order valence-electron chi connectivity index (χ4n) is 1.06. The highest BCUT2D eigenvalue weighted by Crippen LogP contribution is 2.32. The second kappa shape index (κ2) is 4.33. The first-order valence-electron chi connectivity index (χ1n) is 3.65. The van der Waals surface area contributed by atoms with Gasteiger partial charge in [-0.15, -0.1) is 0 Å². The summed E-state index contributed by atoms with van der Waals surface area (Å²) in [6, 6.07) is 1.77. The average Bonchev–Trinajstić information content (AvgIpc) is 2.11. The molecule has 0 aliphatic heterocycles. The predicted octanol–water partition coefficient (Wildman–Crippen LogP) is 2.43. The molecule has 1 rings (SSSR count). The molecule has 3 nitrogen and oxygen atoms in total. The Labute approximate surface area is 87.7 Å². The highest BCUT2D eigenvalue weighted by Gasteiger charge is 2.19. The zero-order valence-corrected chi connectivity index (χ0v) is 8.55. The number of nitriles is 1. The number of aromatic nitrogens is 1. The summed E-state index contributed by atoms with van der Waals surface area (Å²) in [5, 5.41) is 8.45. The second-order valence-corrected chi connectivity index (χ2v) is 3.37. The van der Waals surface area contributed by atoms with Gasteiger partial charge in [-0.05, 0) is 15.9 Å². The summed E-state index contributed by atoms with van der Waals surface area (Å²) < 4.78 is 25.3. The van der Waals surface area contributed by atoms with Gasteiger partial charge in [0.2, 0.25) is 0 Å². The molecule has 0 radical (unpaired) electrons. The molecule has 0 bridgehead atoms. The van der Waals surface area contributed by atoms with Crippen molar-refractivity contribution in [2.24, 2.45) is 0 Å². The summed E-state index contributed by atoms with van der Waals surface area (Å²) in [6.45, 7) is 0. The molecule has 0 saturated heterocycles. The van der Waals surface area contributed by atoms with Crippen molar-refractivity contribution in [3.05, 3.63) is 21.8 Å². The lowest BCUT2D eigenvalue weighted by molar-refractivity contribution is 0.149. The van der Waals surface area contributed by atoms with Crippen LogP contribution >= 0.6 is 15.9 Å². The number of nitrogens with two attached hydrogens (primary N) is 1. The van der Waals surface area contributed by atoms with Gasteiger partial charge in [0.15, 0.2) is 0 Å². The van der Waals surface area contributed by atoms with E-state index in [1.165, 1.54) is 6.20 Å². The summed E-state index contributed by atoms with van der Waals surface area (Å²) in [7, 11) is 0. The van der Waals surface area contributed by atoms with Crippen LogP contribution in [0.2, 0.25) is 0 Å². The number of halogens is 3. The Hall–Kier alpha value is -1.22. The van der Waals surface area contributed by atoms with E-state index in [9.17, 15) is 8.78 Å². The van der Waals surface area contributed by atoms with Gasteiger partial charge in [-0.2, -0.15) is 5.26 Å². The minimum atomic E-state index is -2.67. The zero-order chi connectivity index (χ0) is 10.7. The number of nitrogens with zero attached hydrogens (tertiary/aromatic N) is 2. The van der Waals surface area contributed by atoms with E-state index in [-0.39, 0.29) is 27.8 Å². The van der Waals surface area contributed by atoms with Gasteiger partial charge in [0.1, 0.15) is 5.82 Å². The summed E-state index contributed by atoms with van der Waals surface area (Å²) in [6.07, 6.45) is -1.63. The van der Waals surface area contributed by atoms with Crippen molar-refractivity contribution in [2.45, 2.75) is 12.8 Å². The largest absolute Gasteiger partial charge is 0.383 e. The summed E-state index contributed by atoms with van der Waals surface area (Å²) >= 11 is 2.94. The second-order valence-electron chi connectivity index (χ2n) is 2.52. The highest BCUT2D eigenvalue weighted by atomic mass is 79.9. The van der Waals surface area contributed by atoms with Gasteiger partial charge in [0.25, 0.3) is 6.43 Å². The van der Waals surface area contributed by atoms with Crippen LogP contribution in [0.5, 0.6) is 0 Å². The number of nitrogen functional groups attached to an aromatic ring is 1. The van der Waals surface area contributed by atoms with Crippen molar-refractivity contribution in [1.29, 1.82) is 5.26 Å². The van der Waals surface area contributed by atoms with E-state index in [1.807, 2.05) is 0 Å². The highest BCUT2D eigenvalue weighted by molar-refractivity contribution is 9.10. The van der Waals surface area contributed by atoms with E-state index >= 15 is 0 Å². The third kappa shape index (κ3) is 1.99. The molecule has 6 heteroatoms. The van der Waals surface area contributed by atoms with Gasteiger partial charge in [-0.25, -0.2) is 13.8 Å². The van der Waals surface area contributed by atoms with Gasteiger partial charge in [-0.1, -0.05) is 0 Å². The molecular weight excluding hydrogens is 256 g/mol. The molecule has 0 amide bonds. The number of anilines is 1. The van der Waals surface area contributed by atoms with Crippen LogP contribution in [0.15, 0.2) is 10.7 Å². The van der Waals surface area contributed by atoms with Gasteiger partial charge in [-0.3, -0.25) is 0 Å². The van der Waals surface area contributed by atoms with E-state index in [0.717, 1.165) is 0 Å². The van der Waals surface area contributed by atoms with Gasteiger partial charge in [0, 0.05) is 21.8 Å². The topological polar surface area (TPSA) is 62.7 Å². The molecule has 0 aliphatic carbocycles. The number of alkyl halides is 2. The Morgan fingerprint density at radius 3 is 2.79 bits per heavy atom. The fourth-order valence-corrected chi connectivity index (χ4v) is 1.57. The lowest BCUT2D eigenvalue weighted by Crippen LogP contribution is -2.03. The predicted molar refractivity (Wildman–Crippen MR) is 50.6 cm³/mol. The lowest BCUT2D eigenvalue weighted by atomic mass is 10.1. The Morgan fingerprint density at radius 2 is 2.29 bits per heavy atom. The molecule has 0 saturated carbocycles. The van der Waals surface area contributed by atoms with Gasteiger partial charge >= 0.3 is 0 Å². The quantitative estimate of drug-likeness (QED) is 0.890. The number of hydrogen-bond donors (Lipinski definition) is 1. The molecule has 0 aromatic carbocycles. The Morgan fingerprint density at radius 1 is 1.64 bits per heavy atom. The minimum absolute atomic E-state index is 0.0231. The maximum Gasteiger partial charge on any atom is 0.265 e. The van der Waals surface area contributed by atoms with Crippen LogP contribution in [-0.4, -0.2) is 4.98 Å². The van der Waals surface area contributed by atoms with Crippen LogP contribution in [-0.2, 0) is 6.42 Å². The lowest BCUT2D eigenvalue weighted by Gasteiger charge is -2.09. The van der Waals surface area contributed by atoms with Crippen LogP contribution in [0.4, 0.5) is 14.6 Å². The molecule has 1 aromatic rings. The molecule has 1 aromatic heterocycles. The third-order valence-corrected chi connectivity index (χ3v) is 2.31. The van der Waals surface area contributed by atoms with Crippen molar-refractivity contribution in [1.82, 2.24) is 4.98 Å². The SMILES string of the molecule is N#CCc1c(N)ncc(Br)c1C(F)F. The first-order chi connectivity index (χ1) is 6.57. The first-order valence-corrected chi connectivity index (χ1v) is 4.45. The van der Waals surface area contributed by atoms with Crippen molar-refractivity contribution in [3.8, 4) is 6.07 Å². The van der Waals surface area contributed by atoms with E-state index in [0.29, 0.717) is 0 Å². The molecule has 0 spiro atoms. The minimum Gasteiger partial charge on any atom is -0.383 e. The van der Waals surface area contributed by atoms with Gasteiger partial charge < -0.3 is 5.73 Å². The molecule has 14 heavy (non-hydrogen) atoms. The first kappa shape index (κ1) is 10.9. The van der Waals surface area contributed by atoms with Crippen molar-refractivity contribution in [3.63, 3.8) is 0 Å². The van der Waals surface area contributed by atoms with Gasteiger partial charge in [0.05, 0.1) is 12.5 Å². The van der Waals surface area contributed by atoms with Crippen LogP contribution in [0.25, 0.3) is 0 Å². The number of pyridine rings is 1. The fraction of sp³-hybridized carbons (Fsp3) is 0.250. The standard InChI is InChI=1S/C8H6BrF2N3/c9-5-3-14-8(13)4(1-2-12)6(5)7(10)11/h3,7H,1H2,(H2,13,14). The maximum atomic E-state index is 12.6. The smallest absolute Gasteiger partial charge is 0.265 e. The van der Waals surface area contributed by atoms with Crippen LogP contribution in [0.3, 0.4) is 0 Å². The Bertz CT molecular complexity index is 387. The van der Waals surface area contributed by atoms with E-state index < -0.39 is 6.43 Å². The third-order valence-electron chi connectivity index (χ3n) is 1.68. The van der Waals surface area contributed by atoms with Crippen molar-refractivity contribution >= 4 is 21.7 Å². The van der Waals surface area contributed by atoms with Crippen LogP contribution < -0.4 is 5.73 Å². The summed E-state index contributed by atoms with van der Waals surface area (Å²) in [5.41, 5.74) is 5.24. The summed E-state index contributed by atoms with van der Waals surface area (Å²) in [5.74, 6) is -0.0231. The molecule has 1 heterocycles. The number of hydrogen-bond acceptors (Lipinski definition) is 3. The Kier molecular flexibility index (Phi) is 3.36. The molecule has 0 unspecified atom stereocenters. The zero-order valence-electron chi connectivity index (χ0n) is 6.97.